The van der Waals surface area contributed by atoms with Gasteiger partial charge in [0.15, 0.2) is 0 Å². The maximum atomic E-state index is 4.87. The summed E-state index contributed by atoms with van der Waals surface area (Å²) in [6, 6.07) is 0. The standard InChI is InChI=1S/C5H4BNO/c1-2-5-4-8-6-7(5)3-1/h1-4H/q+1. The van der Waals surface area contributed by atoms with E-state index in [1.54, 1.807) is 13.9 Å². The number of fused-ring (bicyclic) bond motifs is 1. The average Bonchev–Trinajstić information content (AvgIpc) is 2.15. The van der Waals surface area contributed by atoms with Gasteiger partial charge in [-0.05, 0) is 0 Å². The first-order chi connectivity index (χ1) is 3.97. The van der Waals surface area contributed by atoms with Gasteiger partial charge in [0.1, 0.15) is 12.5 Å². The second-order valence-corrected chi connectivity index (χ2v) is 1.70. The number of hydrogen-bond acceptors (Lipinski definition) is 1. The Balaban J connectivity index is 2.49. The normalized spacial score (nSPS) is 21.0. The van der Waals surface area contributed by atoms with E-state index in [1.165, 1.54) is 0 Å². The van der Waals surface area contributed by atoms with Gasteiger partial charge in [-0.15, -0.1) is 0 Å². The van der Waals surface area contributed by atoms with Gasteiger partial charge in [0, 0.05) is 12.2 Å². The van der Waals surface area contributed by atoms with Crippen molar-refractivity contribution in [3.63, 3.8) is 0 Å². The van der Waals surface area contributed by atoms with E-state index in [1.807, 2.05) is 22.9 Å². The third-order valence-corrected chi connectivity index (χ3v) is 1.18. The highest BCUT2D eigenvalue weighted by Gasteiger charge is 2.27. The highest BCUT2D eigenvalue weighted by atomic mass is 16.4. The first-order valence-corrected chi connectivity index (χ1v) is 2.46. The van der Waals surface area contributed by atoms with Crippen LogP contribution in [0.2, 0.25) is 0 Å². The van der Waals surface area contributed by atoms with Crippen LogP contribution in [0.15, 0.2) is 24.1 Å². The smallest absolute Gasteiger partial charge is 0.499 e. The number of hydrogen-bond donors (Lipinski definition) is 0. The van der Waals surface area contributed by atoms with Crippen molar-refractivity contribution >= 4 is 13.8 Å². The van der Waals surface area contributed by atoms with Crippen LogP contribution in [0.25, 0.3) is 0 Å². The van der Waals surface area contributed by atoms with Crippen molar-refractivity contribution in [3.05, 3.63) is 24.1 Å². The lowest BCUT2D eigenvalue weighted by Gasteiger charge is -1.77. The Morgan fingerprint density at radius 1 is 1.62 bits per heavy atom. The molecule has 0 aromatic carbocycles. The third kappa shape index (κ3) is 0.359. The molecule has 3 heteroatoms. The van der Waals surface area contributed by atoms with E-state index in [9.17, 15) is 0 Å². The predicted molar refractivity (Wildman–Crippen MR) is 30.4 cm³/mol. The molecule has 0 saturated carbocycles. The Morgan fingerprint density at radius 2 is 2.62 bits per heavy atom. The quantitative estimate of drug-likeness (QED) is 0.396. The van der Waals surface area contributed by atoms with Gasteiger partial charge in [-0.25, -0.2) is 4.49 Å². The monoisotopic (exact) mass is 105 g/mol. The lowest BCUT2D eigenvalue weighted by atomic mass is 10.3. The topological polar surface area (TPSA) is 12.2 Å². The van der Waals surface area contributed by atoms with Crippen molar-refractivity contribution in [2.45, 2.75) is 0 Å². The summed E-state index contributed by atoms with van der Waals surface area (Å²) in [7, 11) is 1.66. The molecule has 0 N–H and O–H groups in total. The van der Waals surface area contributed by atoms with E-state index in [0.29, 0.717) is 0 Å². The molecule has 0 aliphatic carbocycles. The van der Waals surface area contributed by atoms with Gasteiger partial charge in [0.25, 0.3) is 0 Å². The van der Waals surface area contributed by atoms with E-state index < -0.39 is 0 Å². The zero-order valence-electron chi connectivity index (χ0n) is 4.24. The van der Waals surface area contributed by atoms with E-state index in [0.717, 1.165) is 5.70 Å². The summed E-state index contributed by atoms with van der Waals surface area (Å²) >= 11 is 0. The van der Waals surface area contributed by atoms with Crippen LogP contribution in [0.5, 0.6) is 0 Å². The summed E-state index contributed by atoms with van der Waals surface area (Å²) in [5.74, 6) is 0. The summed E-state index contributed by atoms with van der Waals surface area (Å²) in [5.41, 5.74) is 1.10. The Bertz CT molecular complexity index is 204. The SMILES string of the molecule is [B]1OC=C2C=CC=[N+]12. The first-order valence-electron chi connectivity index (χ1n) is 2.46. The molecule has 0 aromatic rings. The van der Waals surface area contributed by atoms with Crippen molar-refractivity contribution in [1.82, 2.24) is 0 Å². The fraction of sp³-hybridized carbons (Fsp3) is 0. The van der Waals surface area contributed by atoms with Crippen LogP contribution in [-0.2, 0) is 4.65 Å². The summed E-state index contributed by atoms with van der Waals surface area (Å²) in [6.07, 6.45) is 7.62. The average molecular weight is 105 g/mol. The first kappa shape index (κ1) is 3.95. The Hall–Kier alpha value is -0.985. The Morgan fingerprint density at radius 3 is 3.50 bits per heavy atom. The fourth-order valence-electron chi connectivity index (χ4n) is 0.768. The molecule has 37 valence electrons. The minimum Gasteiger partial charge on any atom is -0.499 e. The molecule has 0 bridgehead atoms. The summed E-state index contributed by atoms with van der Waals surface area (Å²) in [4.78, 5) is 0. The second kappa shape index (κ2) is 1.25. The molecule has 0 aromatic heterocycles. The largest absolute Gasteiger partial charge is 0.831 e. The van der Waals surface area contributed by atoms with Gasteiger partial charge in [-0.3, -0.25) is 0 Å². The van der Waals surface area contributed by atoms with E-state index >= 15 is 0 Å². The second-order valence-electron chi connectivity index (χ2n) is 1.70. The van der Waals surface area contributed by atoms with Crippen molar-refractivity contribution in [2.75, 3.05) is 0 Å². The Kier molecular flexibility index (Phi) is 0.616. The van der Waals surface area contributed by atoms with Crippen LogP contribution in [0.4, 0.5) is 0 Å². The molecule has 0 amide bonds. The number of allylic oxidation sites excluding steroid dienone is 2. The summed E-state index contributed by atoms with van der Waals surface area (Å²) in [5, 5.41) is 0. The molecule has 2 aliphatic heterocycles. The maximum Gasteiger partial charge on any atom is 0.831 e. The van der Waals surface area contributed by atoms with Crippen molar-refractivity contribution in [2.24, 2.45) is 0 Å². The van der Waals surface area contributed by atoms with Crippen molar-refractivity contribution < 1.29 is 9.14 Å². The summed E-state index contributed by atoms with van der Waals surface area (Å²) in [6.45, 7) is 0. The zero-order valence-corrected chi connectivity index (χ0v) is 4.24. The Labute approximate surface area is 48.1 Å². The summed E-state index contributed by atoms with van der Waals surface area (Å²) < 4.78 is 6.78. The molecular weight excluding hydrogens is 101 g/mol. The molecule has 2 nitrogen and oxygen atoms in total. The van der Waals surface area contributed by atoms with Gasteiger partial charge in [0.05, 0.1) is 0 Å². The molecule has 0 unspecified atom stereocenters. The van der Waals surface area contributed by atoms with Gasteiger partial charge in [0.2, 0.25) is 5.70 Å². The highest BCUT2D eigenvalue weighted by Crippen LogP contribution is 2.08. The van der Waals surface area contributed by atoms with Gasteiger partial charge >= 0.3 is 7.62 Å². The lowest BCUT2D eigenvalue weighted by Crippen LogP contribution is -2.06. The molecule has 2 rings (SSSR count). The number of nitrogens with zero attached hydrogens (tertiary/aromatic N) is 1. The van der Waals surface area contributed by atoms with Crippen LogP contribution in [0, 0.1) is 0 Å². The highest BCUT2D eigenvalue weighted by molar-refractivity contribution is 6.19. The fourth-order valence-corrected chi connectivity index (χ4v) is 0.768. The van der Waals surface area contributed by atoms with Crippen LogP contribution in [0.1, 0.15) is 0 Å². The molecule has 1 radical (unpaired) electrons. The zero-order chi connectivity index (χ0) is 5.40. The molecule has 0 saturated heterocycles. The van der Waals surface area contributed by atoms with E-state index in [2.05, 4.69) is 0 Å². The molecule has 2 aliphatic rings. The molecule has 2 heterocycles. The van der Waals surface area contributed by atoms with E-state index in [-0.39, 0.29) is 0 Å². The number of rotatable bonds is 0. The molecule has 0 spiro atoms. The van der Waals surface area contributed by atoms with Gasteiger partial charge < -0.3 is 4.65 Å². The lowest BCUT2D eigenvalue weighted by molar-refractivity contribution is -0.305. The molecule has 0 fully saturated rings. The van der Waals surface area contributed by atoms with Crippen LogP contribution in [-0.4, -0.2) is 18.3 Å². The minimum atomic E-state index is 1.10. The maximum absolute atomic E-state index is 4.87. The molecule has 0 atom stereocenters. The van der Waals surface area contributed by atoms with Crippen LogP contribution in [0.3, 0.4) is 0 Å². The van der Waals surface area contributed by atoms with Gasteiger partial charge in [-0.1, -0.05) is 0 Å². The van der Waals surface area contributed by atoms with Gasteiger partial charge in [-0.2, -0.15) is 0 Å². The minimum absolute atomic E-state index is 1.10. The predicted octanol–water partition coefficient (Wildman–Crippen LogP) is 0.0453. The van der Waals surface area contributed by atoms with Crippen molar-refractivity contribution in [1.29, 1.82) is 0 Å². The molecule has 8 heavy (non-hydrogen) atoms. The molecular formula is C5H4BNO+. The van der Waals surface area contributed by atoms with E-state index in [4.69, 9.17) is 4.65 Å². The third-order valence-electron chi connectivity index (χ3n) is 1.18. The van der Waals surface area contributed by atoms with Crippen molar-refractivity contribution in [3.8, 4) is 0 Å². The van der Waals surface area contributed by atoms with Crippen LogP contribution >= 0.6 is 0 Å². The van der Waals surface area contributed by atoms with Crippen LogP contribution < -0.4 is 0 Å².